The van der Waals surface area contributed by atoms with Gasteiger partial charge in [0.1, 0.15) is 5.56 Å². The monoisotopic (exact) mass is 316 g/mol. The third-order valence-corrected chi connectivity index (χ3v) is 4.34. The Morgan fingerprint density at radius 1 is 1.41 bits per heavy atom. The molecule has 4 nitrogen and oxygen atoms in total. The number of aromatic nitrogens is 1. The zero-order valence-electron chi connectivity index (χ0n) is 12.5. The molecule has 0 saturated carbocycles. The zero-order valence-corrected chi connectivity index (χ0v) is 13.3. The number of carbonyl (C=O) groups excluding carboxylic acids is 1. The summed E-state index contributed by atoms with van der Waals surface area (Å²) in [7, 11) is 3.31. The van der Waals surface area contributed by atoms with Gasteiger partial charge >= 0.3 is 0 Å². The van der Waals surface area contributed by atoms with E-state index in [1.165, 1.54) is 24.4 Å². The number of halogens is 1. The highest BCUT2D eigenvalue weighted by Gasteiger charge is 2.30. The van der Waals surface area contributed by atoms with Crippen LogP contribution in [0.2, 0.25) is 5.02 Å². The largest absolute Gasteiger partial charge is 0.480 e. The standard InChI is InChI=1S/C17H17ClN2O2/c1-20(15-8-7-11-5-3-4-6-13(11)15)17(21)14-9-12(18)10-19-16(14)22-2/h3-6,9-10,15H,7-8H2,1-2H3/t15-/m1/s1. The highest BCUT2D eigenvalue weighted by atomic mass is 35.5. The van der Waals surface area contributed by atoms with Gasteiger partial charge in [-0.3, -0.25) is 4.79 Å². The maximum atomic E-state index is 12.8. The highest BCUT2D eigenvalue weighted by Crippen LogP contribution is 2.36. The van der Waals surface area contributed by atoms with E-state index in [1.54, 1.807) is 11.0 Å². The summed E-state index contributed by atoms with van der Waals surface area (Å²) in [6, 6.07) is 9.93. The van der Waals surface area contributed by atoms with Crippen LogP contribution in [0.3, 0.4) is 0 Å². The van der Waals surface area contributed by atoms with Gasteiger partial charge in [0.15, 0.2) is 0 Å². The highest BCUT2D eigenvalue weighted by molar-refractivity contribution is 6.30. The molecule has 0 fully saturated rings. The van der Waals surface area contributed by atoms with Crippen molar-refractivity contribution in [1.82, 2.24) is 9.88 Å². The molecule has 1 aliphatic carbocycles. The number of methoxy groups -OCH3 is 1. The molecule has 1 aliphatic rings. The topological polar surface area (TPSA) is 42.4 Å². The minimum absolute atomic E-state index is 0.0763. The molecule has 5 heteroatoms. The van der Waals surface area contributed by atoms with Crippen molar-refractivity contribution in [3.63, 3.8) is 0 Å². The van der Waals surface area contributed by atoms with Crippen LogP contribution in [0.15, 0.2) is 36.5 Å². The first-order chi connectivity index (χ1) is 10.6. The molecule has 0 bridgehead atoms. The van der Waals surface area contributed by atoms with Crippen LogP contribution in [0.25, 0.3) is 0 Å². The van der Waals surface area contributed by atoms with E-state index in [9.17, 15) is 4.79 Å². The van der Waals surface area contributed by atoms with Crippen LogP contribution >= 0.6 is 11.6 Å². The van der Waals surface area contributed by atoms with Gasteiger partial charge in [0.05, 0.1) is 18.2 Å². The Kier molecular flexibility index (Phi) is 4.03. The molecule has 22 heavy (non-hydrogen) atoms. The van der Waals surface area contributed by atoms with Crippen molar-refractivity contribution < 1.29 is 9.53 Å². The van der Waals surface area contributed by atoms with Crippen LogP contribution < -0.4 is 4.74 Å². The number of fused-ring (bicyclic) bond motifs is 1. The average molecular weight is 317 g/mol. The van der Waals surface area contributed by atoms with Gasteiger partial charge in [-0.2, -0.15) is 0 Å². The molecule has 1 heterocycles. The molecule has 0 saturated heterocycles. The summed E-state index contributed by atoms with van der Waals surface area (Å²) in [6.07, 6.45) is 3.39. The molecule has 0 spiro atoms. The third kappa shape index (κ3) is 2.55. The van der Waals surface area contributed by atoms with Crippen LogP contribution in [0.1, 0.15) is 33.9 Å². The molecule has 1 atom stereocenters. The van der Waals surface area contributed by atoms with Crippen molar-refractivity contribution in [1.29, 1.82) is 0 Å². The first-order valence-electron chi connectivity index (χ1n) is 7.16. The summed E-state index contributed by atoms with van der Waals surface area (Å²) < 4.78 is 5.19. The summed E-state index contributed by atoms with van der Waals surface area (Å²) in [6.45, 7) is 0. The Balaban J connectivity index is 1.92. The minimum atomic E-state index is -0.131. The third-order valence-electron chi connectivity index (χ3n) is 4.13. The molecule has 114 valence electrons. The number of carbonyl (C=O) groups is 1. The van der Waals surface area contributed by atoms with Crippen molar-refractivity contribution in [3.8, 4) is 5.88 Å². The number of benzene rings is 1. The molecule has 1 aromatic carbocycles. The van der Waals surface area contributed by atoms with Crippen molar-refractivity contribution in [2.75, 3.05) is 14.2 Å². The van der Waals surface area contributed by atoms with Gasteiger partial charge in [0, 0.05) is 13.2 Å². The fourth-order valence-corrected chi connectivity index (χ4v) is 3.17. The van der Waals surface area contributed by atoms with Crippen LogP contribution in [0.5, 0.6) is 5.88 Å². The summed E-state index contributed by atoms with van der Waals surface area (Å²) in [5.41, 5.74) is 2.91. The Labute approximate surface area is 134 Å². The second-order valence-corrected chi connectivity index (χ2v) is 5.82. The lowest BCUT2D eigenvalue weighted by Gasteiger charge is -2.26. The molecule has 0 N–H and O–H groups in total. The lowest BCUT2D eigenvalue weighted by molar-refractivity contribution is 0.0726. The first-order valence-corrected chi connectivity index (χ1v) is 7.54. The second kappa shape index (κ2) is 5.97. The van der Waals surface area contributed by atoms with Gasteiger partial charge < -0.3 is 9.64 Å². The number of hydrogen-bond acceptors (Lipinski definition) is 3. The lowest BCUT2D eigenvalue weighted by atomic mass is 10.1. The lowest BCUT2D eigenvalue weighted by Crippen LogP contribution is -2.30. The molecule has 1 amide bonds. The Morgan fingerprint density at radius 3 is 2.95 bits per heavy atom. The van der Waals surface area contributed by atoms with Gasteiger partial charge in [-0.1, -0.05) is 35.9 Å². The predicted octanol–water partition coefficient (Wildman–Crippen LogP) is 3.50. The molecular weight excluding hydrogens is 300 g/mol. The van der Waals surface area contributed by atoms with E-state index in [4.69, 9.17) is 16.3 Å². The number of aryl methyl sites for hydroxylation is 1. The van der Waals surface area contributed by atoms with Gasteiger partial charge in [-0.25, -0.2) is 4.98 Å². The van der Waals surface area contributed by atoms with Gasteiger partial charge in [-0.05, 0) is 30.0 Å². The van der Waals surface area contributed by atoms with Crippen LogP contribution in [0, 0.1) is 0 Å². The number of amides is 1. The Morgan fingerprint density at radius 2 is 2.18 bits per heavy atom. The fraction of sp³-hybridized carbons (Fsp3) is 0.294. The van der Waals surface area contributed by atoms with Gasteiger partial charge in [-0.15, -0.1) is 0 Å². The normalized spacial score (nSPS) is 16.2. The maximum absolute atomic E-state index is 12.8. The summed E-state index contributed by atoms with van der Waals surface area (Å²) in [5.74, 6) is 0.168. The number of pyridine rings is 1. The van der Waals surface area contributed by atoms with Crippen molar-refractivity contribution >= 4 is 17.5 Å². The van der Waals surface area contributed by atoms with E-state index in [0.29, 0.717) is 16.5 Å². The average Bonchev–Trinajstić information content (AvgIpc) is 2.97. The SMILES string of the molecule is COc1ncc(Cl)cc1C(=O)N(C)[C@@H]1CCc2ccccc21. The molecule has 0 radical (unpaired) electrons. The summed E-state index contributed by atoms with van der Waals surface area (Å²) in [5, 5.41) is 0.421. The predicted molar refractivity (Wildman–Crippen MR) is 85.4 cm³/mol. The van der Waals surface area contributed by atoms with Crippen molar-refractivity contribution in [2.24, 2.45) is 0 Å². The quantitative estimate of drug-likeness (QED) is 0.870. The molecular formula is C17H17ClN2O2. The summed E-state index contributed by atoms with van der Waals surface area (Å²) in [4.78, 5) is 18.6. The summed E-state index contributed by atoms with van der Waals surface area (Å²) >= 11 is 5.97. The molecule has 3 rings (SSSR count). The second-order valence-electron chi connectivity index (χ2n) is 5.38. The minimum Gasteiger partial charge on any atom is -0.480 e. The molecule has 2 aromatic rings. The fourth-order valence-electron chi connectivity index (χ4n) is 3.01. The zero-order chi connectivity index (χ0) is 15.7. The number of hydrogen-bond donors (Lipinski definition) is 0. The van der Waals surface area contributed by atoms with E-state index in [-0.39, 0.29) is 11.9 Å². The molecule has 0 unspecified atom stereocenters. The van der Waals surface area contributed by atoms with Gasteiger partial charge in [0.25, 0.3) is 5.91 Å². The van der Waals surface area contributed by atoms with E-state index in [2.05, 4.69) is 17.1 Å². The van der Waals surface area contributed by atoms with E-state index < -0.39 is 0 Å². The smallest absolute Gasteiger partial charge is 0.259 e. The first kappa shape index (κ1) is 14.9. The number of rotatable bonds is 3. The van der Waals surface area contributed by atoms with E-state index >= 15 is 0 Å². The molecule has 1 aromatic heterocycles. The number of nitrogens with zero attached hydrogens (tertiary/aromatic N) is 2. The van der Waals surface area contributed by atoms with Crippen LogP contribution in [0.4, 0.5) is 0 Å². The van der Waals surface area contributed by atoms with Crippen molar-refractivity contribution in [3.05, 3.63) is 58.2 Å². The molecule has 0 aliphatic heterocycles. The van der Waals surface area contributed by atoms with E-state index in [1.807, 2.05) is 19.2 Å². The van der Waals surface area contributed by atoms with Crippen LogP contribution in [-0.2, 0) is 6.42 Å². The van der Waals surface area contributed by atoms with Crippen molar-refractivity contribution in [2.45, 2.75) is 18.9 Å². The van der Waals surface area contributed by atoms with E-state index in [0.717, 1.165) is 12.8 Å². The number of ether oxygens (including phenoxy) is 1. The Bertz CT molecular complexity index is 718. The Hall–Kier alpha value is -2.07. The maximum Gasteiger partial charge on any atom is 0.259 e. The van der Waals surface area contributed by atoms with Gasteiger partial charge in [0.2, 0.25) is 5.88 Å². The van der Waals surface area contributed by atoms with Crippen LogP contribution in [-0.4, -0.2) is 29.9 Å².